The Bertz CT molecular complexity index is 550. The summed E-state index contributed by atoms with van der Waals surface area (Å²) >= 11 is 0. The minimum atomic E-state index is -0.531. The van der Waals surface area contributed by atoms with E-state index in [4.69, 9.17) is 0 Å². The first-order valence-electron chi connectivity index (χ1n) is 7.98. The Kier molecular flexibility index (Phi) is 4.43. The lowest BCUT2D eigenvalue weighted by atomic mass is 9.82. The van der Waals surface area contributed by atoms with E-state index in [1.54, 1.807) is 0 Å². The van der Waals surface area contributed by atoms with Gasteiger partial charge in [0.15, 0.2) is 0 Å². The SMILES string of the molecule is CN1C2CCCC1CC(NC(=O)Cc1cc(F)ccc1F)C2. The lowest BCUT2D eigenvalue weighted by Crippen LogP contribution is -2.55. The third-order valence-corrected chi connectivity index (χ3v) is 5.06. The topological polar surface area (TPSA) is 32.3 Å². The Hall–Kier alpha value is -1.49. The van der Waals surface area contributed by atoms with Crippen LogP contribution in [0, 0.1) is 11.6 Å². The summed E-state index contributed by atoms with van der Waals surface area (Å²) in [6.07, 6.45) is 5.41. The molecule has 120 valence electrons. The maximum Gasteiger partial charge on any atom is 0.224 e. The minimum absolute atomic E-state index is 0.106. The van der Waals surface area contributed by atoms with Crippen LogP contribution in [0.1, 0.15) is 37.7 Å². The number of piperidine rings is 2. The number of hydrogen-bond donors (Lipinski definition) is 1. The number of benzene rings is 1. The quantitative estimate of drug-likeness (QED) is 0.931. The number of nitrogens with zero attached hydrogens (tertiary/aromatic N) is 1. The third kappa shape index (κ3) is 3.29. The predicted octanol–water partition coefficient (Wildman–Crippen LogP) is 2.64. The van der Waals surface area contributed by atoms with Gasteiger partial charge in [0.05, 0.1) is 6.42 Å². The molecule has 22 heavy (non-hydrogen) atoms. The second-order valence-corrected chi connectivity index (χ2v) is 6.55. The van der Waals surface area contributed by atoms with Gasteiger partial charge in [0, 0.05) is 23.7 Å². The fourth-order valence-corrected chi connectivity index (χ4v) is 3.86. The summed E-state index contributed by atoms with van der Waals surface area (Å²) in [5.74, 6) is -1.27. The lowest BCUT2D eigenvalue weighted by Gasteiger charge is -2.47. The van der Waals surface area contributed by atoms with Crippen molar-refractivity contribution in [1.82, 2.24) is 10.2 Å². The summed E-state index contributed by atoms with van der Waals surface area (Å²) in [5.41, 5.74) is 0.116. The summed E-state index contributed by atoms with van der Waals surface area (Å²) in [4.78, 5) is 14.6. The van der Waals surface area contributed by atoms with Crippen LogP contribution in [0.25, 0.3) is 0 Å². The molecule has 5 heteroatoms. The summed E-state index contributed by atoms with van der Waals surface area (Å²) in [5, 5.41) is 3.01. The molecule has 1 amide bonds. The first-order chi connectivity index (χ1) is 10.5. The number of carbonyl (C=O) groups excluding carboxylic acids is 1. The van der Waals surface area contributed by atoms with Crippen LogP contribution in [0.2, 0.25) is 0 Å². The van der Waals surface area contributed by atoms with E-state index in [1.807, 2.05) is 0 Å². The van der Waals surface area contributed by atoms with Crippen LogP contribution >= 0.6 is 0 Å². The number of carbonyl (C=O) groups is 1. The van der Waals surface area contributed by atoms with Gasteiger partial charge in [-0.2, -0.15) is 0 Å². The normalized spacial score (nSPS) is 28.4. The van der Waals surface area contributed by atoms with Crippen LogP contribution in [-0.2, 0) is 11.2 Å². The molecule has 1 aromatic rings. The molecule has 3 rings (SSSR count). The summed E-state index contributed by atoms with van der Waals surface area (Å²) in [6.45, 7) is 0. The Labute approximate surface area is 129 Å². The monoisotopic (exact) mass is 308 g/mol. The lowest BCUT2D eigenvalue weighted by molar-refractivity contribution is -0.122. The van der Waals surface area contributed by atoms with Gasteiger partial charge in [0.1, 0.15) is 11.6 Å². The molecule has 2 fully saturated rings. The van der Waals surface area contributed by atoms with Crippen LogP contribution in [0.5, 0.6) is 0 Å². The van der Waals surface area contributed by atoms with Crippen molar-refractivity contribution in [3.63, 3.8) is 0 Å². The van der Waals surface area contributed by atoms with Gasteiger partial charge in [-0.25, -0.2) is 8.78 Å². The van der Waals surface area contributed by atoms with Crippen molar-refractivity contribution >= 4 is 5.91 Å². The highest BCUT2D eigenvalue weighted by molar-refractivity contribution is 5.78. The molecule has 2 aliphatic heterocycles. The average molecular weight is 308 g/mol. The first-order valence-corrected chi connectivity index (χ1v) is 7.98. The standard InChI is InChI=1S/C17H22F2N2O/c1-21-14-3-2-4-15(21)10-13(9-14)20-17(22)8-11-7-12(18)5-6-16(11)19/h5-7,13-15H,2-4,8-10H2,1H3,(H,20,22). The molecule has 1 aromatic carbocycles. The van der Waals surface area contributed by atoms with Crippen molar-refractivity contribution in [2.24, 2.45) is 0 Å². The molecule has 0 saturated carbocycles. The molecule has 2 unspecified atom stereocenters. The van der Waals surface area contributed by atoms with Crippen molar-refractivity contribution in [1.29, 1.82) is 0 Å². The zero-order valence-corrected chi connectivity index (χ0v) is 12.8. The average Bonchev–Trinajstić information content (AvgIpc) is 2.44. The highest BCUT2D eigenvalue weighted by atomic mass is 19.1. The molecule has 3 nitrogen and oxygen atoms in total. The van der Waals surface area contributed by atoms with Gasteiger partial charge in [0.2, 0.25) is 5.91 Å². The van der Waals surface area contributed by atoms with Gasteiger partial charge >= 0.3 is 0 Å². The highest BCUT2D eigenvalue weighted by Crippen LogP contribution is 2.32. The minimum Gasteiger partial charge on any atom is -0.353 e. The molecule has 0 spiro atoms. The Morgan fingerprint density at radius 2 is 1.95 bits per heavy atom. The number of rotatable bonds is 3. The summed E-state index contributed by atoms with van der Waals surface area (Å²) < 4.78 is 26.7. The summed E-state index contributed by atoms with van der Waals surface area (Å²) in [7, 11) is 2.16. The molecule has 0 radical (unpaired) electrons. The smallest absolute Gasteiger partial charge is 0.224 e. The fraction of sp³-hybridized carbons (Fsp3) is 0.588. The largest absolute Gasteiger partial charge is 0.353 e. The number of halogens is 2. The maximum absolute atomic E-state index is 13.6. The van der Waals surface area contributed by atoms with Gasteiger partial charge in [-0.05, 0) is 50.9 Å². The molecule has 0 aromatic heterocycles. The molecule has 0 aliphatic carbocycles. The summed E-state index contributed by atoms with van der Waals surface area (Å²) in [6, 6.07) is 4.44. The van der Waals surface area contributed by atoms with E-state index in [0.29, 0.717) is 12.1 Å². The fourth-order valence-electron chi connectivity index (χ4n) is 3.86. The van der Waals surface area contributed by atoms with Crippen LogP contribution in [0.4, 0.5) is 8.78 Å². The van der Waals surface area contributed by atoms with Crippen LogP contribution < -0.4 is 5.32 Å². The first kappa shape index (κ1) is 15.4. The van der Waals surface area contributed by atoms with Gasteiger partial charge in [0.25, 0.3) is 0 Å². The van der Waals surface area contributed by atoms with E-state index < -0.39 is 11.6 Å². The molecule has 2 atom stereocenters. The van der Waals surface area contributed by atoms with E-state index in [9.17, 15) is 13.6 Å². The Balaban J connectivity index is 1.59. The zero-order chi connectivity index (χ0) is 15.7. The maximum atomic E-state index is 13.6. The number of fused-ring (bicyclic) bond motifs is 2. The van der Waals surface area contributed by atoms with Crippen molar-refractivity contribution in [3.05, 3.63) is 35.4 Å². The van der Waals surface area contributed by atoms with E-state index in [0.717, 1.165) is 31.0 Å². The zero-order valence-electron chi connectivity index (χ0n) is 12.8. The van der Waals surface area contributed by atoms with Crippen LogP contribution in [0.3, 0.4) is 0 Å². The number of hydrogen-bond acceptors (Lipinski definition) is 2. The molecular formula is C17H22F2N2O. The Morgan fingerprint density at radius 3 is 2.64 bits per heavy atom. The van der Waals surface area contributed by atoms with Gasteiger partial charge in [-0.1, -0.05) is 6.42 Å². The van der Waals surface area contributed by atoms with Crippen LogP contribution in [0.15, 0.2) is 18.2 Å². The molecule has 1 N–H and O–H groups in total. The van der Waals surface area contributed by atoms with Crippen molar-refractivity contribution in [2.75, 3.05) is 7.05 Å². The molecular weight excluding hydrogens is 286 g/mol. The predicted molar refractivity (Wildman–Crippen MR) is 80.4 cm³/mol. The van der Waals surface area contributed by atoms with E-state index in [-0.39, 0.29) is 23.9 Å². The molecule has 2 heterocycles. The third-order valence-electron chi connectivity index (χ3n) is 5.06. The molecule has 2 bridgehead atoms. The van der Waals surface area contributed by atoms with Crippen molar-refractivity contribution < 1.29 is 13.6 Å². The van der Waals surface area contributed by atoms with E-state index >= 15 is 0 Å². The van der Waals surface area contributed by atoms with E-state index in [2.05, 4.69) is 17.3 Å². The molecule has 2 saturated heterocycles. The van der Waals surface area contributed by atoms with Crippen LogP contribution in [-0.4, -0.2) is 36.0 Å². The number of amides is 1. The van der Waals surface area contributed by atoms with Crippen molar-refractivity contribution in [2.45, 2.75) is 56.7 Å². The molecule has 2 aliphatic rings. The Morgan fingerprint density at radius 1 is 1.27 bits per heavy atom. The van der Waals surface area contributed by atoms with Gasteiger partial charge in [-0.3, -0.25) is 4.79 Å². The van der Waals surface area contributed by atoms with E-state index in [1.165, 1.54) is 19.3 Å². The highest BCUT2D eigenvalue weighted by Gasteiger charge is 2.36. The number of nitrogens with one attached hydrogen (secondary N) is 1. The van der Waals surface area contributed by atoms with Gasteiger partial charge < -0.3 is 10.2 Å². The van der Waals surface area contributed by atoms with Crippen molar-refractivity contribution in [3.8, 4) is 0 Å². The second kappa shape index (κ2) is 6.32. The second-order valence-electron chi connectivity index (χ2n) is 6.55. The van der Waals surface area contributed by atoms with Gasteiger partial charge in [-0.15, -0.1) is 0 Å².